The zero-order valence-electron chi connectivity index (χ0n) is 41.4. The lowest BCUT2D eigenvalue weighted by atomic mass is 9.94. The van der Waals surface area contributed by atoms with E-state index in [0.29, 0.717) is 34.6 Å². The number of nitriles is 1. The van der Waals surface area contributed by atoms with E-state index in [-0.39, 0.29) is 54.7 Å². The van der Waals surface area contributed by atoms with Gasteiger partial charge >= 0.3 is 10.2 Å². The number of fused-ring (bicyclic) bond motifs is 2. The average molecular weight is 1060 g/mol. The van der Waals surface area contributed by atoms with E-state index in [1.807, 2.05) is 6.07 Å². The molecule has 5 fully saturated rings. The number of carbonyl (C=O) groups is 4. The number of carbonyl (C=O) groups excluding carboxylic acids is 4. The Kier molecular flexibility index (Phi) is 14.0. The Hall–Kier alpha value is -7.46. The number of anilines is 3. The Morgan fingerprint density at radius 3 is 2.07 bits per heavy atom. The molecular weight excluding hydrogens is 1000 g/mol. The summed E-state index contributed by atoms with van der Waals surface area (Å²) in [6.07, 6.45) is 7.44. The van der Waals surface area contributed by atoms with Gasteiger partial charge in [0.15, 0.2) is 11.6 Å². The van der Waals surface area contributed by atoms with Gasteiger partial charge in [-0.1, -0.05) is 0 Å². The van der Waals surface area contributed by atoms with Gasteiger partial charge < -0.3 is 24.3 Å². The molecule has 2 atom stereocenters. The first-order valence-corrected chi connectivity index (χ1v) is 27.1. The number of nitrogens with one attached hydrogen (secondary N) is 2. The van der Waals surface area contributed by atoms with E-state index in [2.05, 4.69) is 44.6 Å². The number of amides is 4. The molecule has 5 saturated heterocycles. The molecule has 5 aromatic rings. The molecule has 2 N–H and O–H groups in total. The van der Waals surface area contributed by atoms with Crippen molar-refractivity contribution in [1.29, 1.82) is 5.26 Å². The van der Waals surface area contributed by atoms with Crippen molar-refractivity contribution in [3.05, 3.63) is 100 Å². The van der Waals surface area contributed by atoms with E-state index in [1.165, 1.54) is 29.1 Å². The van der Waals surface area contributed by atoms with Gasteiger partial charge in [0.05, 0.1) is 45.8 Å². The molecule has 396 valence electrons. The molecule has 6 aliphatic rings. The average Bonchev–Trinajstić information content (AvgIpc) is 4.00. The van der Waals surface area contributed by atoms with Crippen molar-refractivity contribution in [2.75, 3.05) is 93.1 Å². The summed E-state index contributed by atoms with van der Waals surface area (Å²) < 4.78 is 65.1. The number of piperidine rings is 3. The van der Waals surface area contributed by atoms with E-state index < -0.39 is 68.7 Å². The van der Waals surface area contributed by atoms with Gasteiger partial charge in [-0.3, -0.25) is 43.5 Å². The molecule has 11 rings (SSSR count). The first-order chi connectivity index (χ1) is 36.7. The van der Waals surface area contributed by atoms with Crippen molar-refractivity contribution in [3.63, 3.8) is 0 Å². The lowest BCUT2D eigenvalue weighted by molar-refractivity contribution is -0.136. The van der Waals surface area contributed by atoms with E-state index in [4.69, 9.17) is 4.74 Å². The van der Waals surface area contributed by atoms with Crippen molar-refractivity contribution in [2.24, 2.45) is 11.8 Å². The normalized spacial score (nSPS) is 21.6. The number of aromatic nitrogens is 4. The number of hydrogen-bond acceptors (Lipinski definition) is 16. The van der Waals surface area contributed by atoms with E-state index in [0.717, 1.165) is 118 Å². The van der Waals surface area contributed by atoms with Crippen LogP contribution in [0, 0.1) is 29.0 Å². The van der Waals surface area contributed by atoms with Crippen LogP contribution < -0.4 is 30.1 Å². The van der Waals surface area contributed by atoms with Crippen molar-refractivity contribution >= 4 is 62.1 Å². The molecule has 21 nitrogen and oxygen atoms in total. The summed E-state index contributed by atoms with van der Waals surface area (Å²) in [5.41, 5.74) is 1.00. The monoisotopic (exact) mass is 1060 g/mol. The maximum absolute atomic E-state index is 15.2. The molecular formula is C52H55F2N13O8S. The van der Waals surface area contributed by atoms with Crippen LogP contribution in [0.1, 0.15) is 71.2 Å². The van der Waals surface area contributed by atoms with Crippen LogP contribution in [0.2, 0.25) is 0 Å². The Labute approximate surface area is 436 Å². The van der Waals surface area contributed by atoms with Gasteiger partial charge in [-0.15, -0.1) is 0 Å². The molecule has 76 heavy (non-hydrogen) atoms. The van der Waals surface area contributed by atoms with Crippen molar-refractivity contribution < 1.29 is 41.1 Å². The fourth-order valence-corrected chi connectivity index (χ4v) is 12.5. The summed E-state index contributed by atoms with van der Waals surface area (Å²) in [7, 11) is -4.25. The van der Waals surface area contributed by atoms with E-state index in [1.54, 1.807) is 30.6 Å². The number of benzene rings is 3. The van der Waals surface area contributed by atoms with E-state index >= 15 is 4.39 Å². The number of ether oxygens (including phenoxy) is 1. The number of nitrogens with zero attached hydrogens (tertiary/aromatic N) is 11. The minimum absolute atomic E-state index is 0.0115. The fourth-order valence-electron chi connectivity index (χ4n) is 11.3. The first kappa shape index (κ1) is 50.7. The predicted octanol–water partition coefficient (Wildman–Crippen LogP) is 3.83. The van der Waals surface area contributed by atoms with Gasteiger partial charge in [0, 0.05) is 90.6 Å². The third-order valence-corrected chi connectivity index (χ3v) is 17.0. The highest BCUT2D eigenvalue weighted by Gasteiger charge is 2.45. The van der Waals surface area contributed by atoms with Crippen LogP contribution in [0.3, 0.4) is 0 Å². The molecule has 2 aromatic heterocycles. The molecule has 1 unspecified atom stereocenters. The van der Waals surface area contributed by atoms with E-state index in [9.17, 15) is 42.0 Å². The Morgan fingerprint density at radius 1 is 0.750 bits per heavy atom. The number of imide groups is 2. The maximum Gasteiger partial charge on any atom is 0.301 e. The molecule has 0 aliphatic carbocycles. The number of rotatable bonds is 13. The minimum atomic E-state index is -4.25. The lowest BCUT2D eigenvalue weighted by Crippen LogP contribution is -2.54. The van der Waals surface area contributed by atoms with Gasteiger partial charge in [0.1, 0.15) is 35.9 Å². The largest absolute Gasteiger partial charge is 0.453 e. The van der Waals surface area contributed by atoms with Crippen LogP contribution in [0.15, 0.2) is 72.0 Å². The van der Waals surface area contributed by atoms with Gasteiger partial charge in [-0.25, -0.2) is 23.7 Å². The Morgan fingerprint density at radius 2 is 1.42 bits per heavy atom. The second-order valence-corrected chi connectivity index (χ2v) is 22.0. The van der Waals surface area contributed by atoms with Crippen LogP contribution in [0.4, 0.5) is 26.1 Å². The molecule has 6 aliphatic heterocycles. The van der Waals surface area contributed by atoms with Gasteiger partial charge in [0.2, 0.25) is 17.8 Å². The zero-order valence-corrected chi connectivity index (χ0v) is 42.3. The fraction of sp³-hybridized carbons (Fsp3) is 0.442. The summed E-state index contributed by atoms with van der Waals surface area (Å²) in [5.74, 6) is -1.87. The molecule has 0 spiro atoms. The summed E-state index contributed by atoms with van der Waals surface area (Å²) in [5, 5.41) is 12.3. The van der Waals surface area contributed by atoms with Crippen molar-refractivity contribution in [1.82, 2.24) is 43.8 Å². The van der Waals surface area contributed by atoms with Crippen LogP contribution in [-0.4, -0.2) is 161 Å². The van der Waals surface area contributed by atoms with Crippen LogP contribution in [0.25, 0.3) is 16.6 Å². The van der Waals surface area contributed by atoms with Crippen LogP contribution in [-0.2, 0) is 19.8 Å². The molecule has 0 saturated carbocycles. The molecule has 24 heteroatoms. The van der Waals surface area contributed by atoms with Gasteiger partial charge in [-0.2, -0.15) is 18.0 Å². The number of hydrogen-bond donors (Lipinski definition) is 2. The van der Waals surface area contributed by atoms with Gasteiger partial charge in [-0.05, 0) is 98.9 Å². The van der Waals surface area contributed by atoms with Crippen LogP contribution in [0.5, 0.6) is 11.5 Å². The Balaban J connectivity index is 0.636. The smallest absolute Gasteiger partial charge is 0.301 e. The number of halogens is 2. The quantitative estimate of drug-likeness (QED) is 0.159. The third kappa shape index (κ3) is 10.2. The second kappa shape index (κ2) is 20.9. The standard InChI is InChI=1S/C52H55F2N13O8S/c53-34-13-18-65(30-34)76(73,74)60-44-6-4-42(54)47(41(44)25-55)75-37-2-5-43-40(24-37)49(70)66(31-58-43)36-26-56-52(57-27-36)64-16-11-33(12-17-64)29-62-21-19-61(20-22-62)28-32-9-14-63(15-10-32)35-1-3-38-39(23-35)51(72)67(50(38)71)45-7-8-46(68)59-48(45)69/h1-6,23-24,26-27,31-34,45,60H,7-22,28-30H2,(H,59,68,69)/t34-,45?/m1/s1. The highest BCUT2D eigenvalue weighted by Crippen LogP contribution is 2.36. The zero-order chi connectivity index (χ0) is 52.8. The molecule has 4 amide bonds. The Bertz CT molecular complexity index is 3340. The number of alkyl halides is 1. The lowest BCUT2D eigenvalue weighted by Gasteiger charge is -2.41. The molecule has 8 heterocycles. The molecule has 0 bridgehead atoms. The summed E-state index contributed by atoms with van der Waals surface area (Å²) in [6.45, 7) is 9.04. The molecule has 0 radical (unpaired) electrons. The SMILES string of the molecule is N#Cc1c(NS(=O)(=O)N2CC[C@@H](F)C2)ccc(F)c1Oc1ccc2ncn(-c3cnc(N4CCC(CN5CCN(CC6CCN(c7ccc8c(c7)C(=O)N(C7CCC(=O)NC7=O)C8=O)CC6)CC5)CC4)nc3)c(=O)c2c1. The predicted molar refractivity (Wildman–Crippen MR) is 274 cm³/mol. The maximum atomic E-state index is 15.2. The minimum Gasteiger partial charge on any atom is -0.453 e. The van der Waals surface area contributed by atoms with Crippen LogP contribution >= 0.6 is 0 Å². The second-order valence-electron chi connectivity index (χ2n) is 20.3. The summed E-state index contributed by atoms with van der Waals surface area (Å²) >= 11 is 0. The highest BCUT2D eigenvalue weighted by molar-refractivity contribution is 7.90. The first-order valence-electron chi connectivity index (χ1n) is 25.7. The highest BCUT2D eigenvalue weighted by atomic mass is 32.2. The summed E-state index contributed by atoms with van der Waals surface area (Å²) in [6, 6.07) is 12.5. The third-order valence-electron chi connectivity index (χ3n) is 15.5. The van der Waals surface area contributed by atoms with Gasteiger partial charge in [0.25, 0.3) is 17.4 Å². The molecule has 3 aromatic carbocycles. The topological polar surface area (TPSA) is 240 Å². The van der Waals surface area contributed by atoms with Crippen molar-refractivity contribution in [3.8, 4) is 23.3 Å². The summed E-state index contributed by atoms with van der Waals surface area (Å²) in [4.78, 5) is 88.8. The number of piperazine rings is 1. The van der Waals surface area contributed by atoms with Crippen molar-refractivity contribution in [2.45, 2.75) is 57.2 Å².